The molecule has 4 heteroatoms. The van der Waals surface area contributed by atoms with E-state index in [-0.39, 0.29) is 5.91 Å². The van der Waals surface area contributed by atoms with Crippen molar-refractivity contribution in [1.82, 2.24) is 5.32 Å². The van der Waals surface area contributed by atoms with Crippen LogP contribution in [0.4, 0.5) is 0 Å². The number of hydrogen-bond acceptors (Lipinski definition) is 3. The monoisotopic (exact) mass is 303 g/mol. The van der Waals surface area contributed by atoms with E-state index in [2.05, 4.69) is 5.32 Å². The standard InChI is InChI=1S/C18H25NO3/c1-21-16-7-4-12(11-17(16)22-2)5-8-18(20)19-15-10-13-3-6-14(15)9-13/h4,7,11,13-15H,3,5-6,8-10H2,1-2H3,(H,19,20)/t13-,14-,15-/m0/s1. The van der Waals surface area contributed by atoms with Crippen molar-refractivity contribution in [2.24, 2.45) is 11.8 Å². The van der Waals surface area contributed by atoms with Crippen molar-refractivity contribution >= 4 is 5.91 Å². The van der Waals surface area contributed by atoms with Gasteiger partial charge in [-0.15, -0.1) is 0 Å². The lowest BCUT2D eigenvalue weighted by atomic mass is 9.95. The molecule has 22 heavy (non-hydrogen) atoms. The highest BCUT2D eigenvalue weighted by Crippen LogP contribution is 2.44. The van der Waals surface area contributed by atoms with E-state index in [9.17, 15) is 4.79 Å². The van der Waals surface area contributed by atoms with Gasteiger partial charge in [0.2, 0.25) is 5.91 Å². The minimum absolute atomic E-state index is 0.173. The van der Waals surface area contributed by atoms with Gasteiger partial charge in [-0.05, 0) is 55.2 Å². The third-order valence-electron chi connectivity index (χ3n) is 5.17. The Morgan fingerprint density at radius 3 is 2.64 bits per heavy atom. The molecule has 0 heterocycles. The summed E-state index contributed by atoms with van der Waals surface area (Å²) < 4.78 is 10.5. The van der Waals surface area contributed by atoms with Crippen LogP contribution in [-0.2, 0) is 11.2 Å². The number of methoxy groups -OCH3 is 2. The predicted molar refractivity (Wildman–Crippen MR) is 85.2 cm³/mol. The highest BCUT2D eigenvalue weighted by Gasteiger charge is 2.39. The first-order valence-electron chi connectivity index (χ1n) is 8.20. The summed E-state index contributed by atoms with van der Waals surface area (Å²) in [5, 5.41) is 3.24. The maximum atomic E-state index is 12.2. The van der Waals surface area contributed by atoms with Crippen LogP contribution < -0.4 is 14.8 Å². The van der Waals surface area contributed by atoms with Crippen molar-refractivity contribution in [1.29, 1.82) is 0 Å². The molecule has 0 saturated heterocycles. The smallest absolute Gasteiger partial charge is 0.220 e. The summed E-state index contributed by atoms with van der Waals surface area (Å²) in [6, 6.07) is 6.26. The molecule has 0 radical (unpaired) electrons. The fourth-order valence-electron chi connectivity index (χ4n) is 3.99. The second-order valence-corrected chi connectivity index (χ2v) is 6.54. The van der Waals surface area contributed by atoms with Gasteiger partial charge < -0.3 is 14.8 Å². The van der Waals surface area contributed by atoms with Crippen molar-refractivity contribution in [2.45, 2.75) is 44.6 Å². The van der Waals surface area contributed by atoms with Gasteiger partial charge in [-0.2, -0.15) is 0 Å². The molecule has 0 aromatic heterocycles. The summed E-state index contributed by atoms with van der Waals surface area (Å²) in [6.45, 7) is 0. The highest BCUT2D eigenvalue weighted by molar-refractivity contribution is 5.76. The van der Waals surface area contributed by atoms with Crippen LogP contribution in [0.2, 0.25) is 0 Å². The van der Waals surface area contributed by atoms with Crippen LogP contribution in [0.1, 0.15) is 37.7 Å². The minimum atomic E-state index is 0.173. The van der Waals surface area contributed by atoms with Crippen LogP contribution in [-0.4, -0.2) is 26.2 Å². The second-order valence-electron chi connectivity index (χ2n) is 6.54. The number of nitrogens with one attached hydrogen (secondary N) is 1. The molecule has 1 amide bonds. The molecular weight excluding hydrogens is 278 g/mol. The van der Waals surface area contributed by atoms with Gasteiger partial charge in [0, 0.05) is 12.5 Å². The first kappa shape index (κ1) is 15.2. The Morgan fingerprint density at radius 1 is 1.18 bits per heavy atom. The van der Waals surface area contributed by atoms with E-state index in [0.717, 1.165) is 29.6 Å². The molecule has 0 spiro atoms. The van der Waals surface area contributed by atoms with Gasteiger partial charge in [0.25, 0.3) is 0 Å². The molecule has 1 N–H and O–H groups in total. The zero-order valence-electron chi connectivity index (χ0n) is 13.4. The molecule has 0 unspecified atom stereocenters. The number of fused-ring (bicyclic) bond motifs is 2. The van der Waals surface area contributed by atoms with Crippen molar-refractivity contribution in [3.05, 3.63) is 23.8 Å². The van der Waals surface area contributed by atoms with E-state index in [1.54, 1.807) is 14.2 Å². The lowest BCUT2D eigenvalue weighted by Gasteiger charge is -2.22. The van der Waals surface area contributed by atoms with Crippen LogP contribution in [0.3, 0.4) is 0 Å². The molecular formula is C18H25NO3. The van der Waals surface area contributed by atoms with Gasteiger partial charge in [-0.3, -0.25) is 4.79 Å². The average molecular weight is 303 g/mol. The van der Waals surface area contributed by atoms with Crippen LogP contribution in [0.25, 0.3) is 0 Å². The lowest BCUT2D eigenvalue weighted by Crippen LogP contribution is -2.38. The number of rotatable bonds is 6. The van der Waals surface area contributed by atoms with Gasteiger partial charge in [0.1, 0.15) is 0 Å². The third kappa shape index (κ3) is 3.21. The SMILES string of the molecule is COc1ccc(CCC(=O)N[C@H]2C[C@H]3CC[C@H]2C3)cc1OC. The molecule has 1 aromatic carbocycles. The Balaban J connectivity index is 1.50. The number of hydrogen-bond donors (Lipinski definition) is 1. The summed E-state index contributed by atoms with van der Waals surface area (Å²) >= 11 is 0. The van der Waals surface area contributed by atoms with Crippen LogP contribution >= 0.6 is 0 Å². The molecule has 120 valence electrons. The number of ether oxygens (including phenoxy) is 2. The number of carbonyl (C=O) groups excluding carboxylic acids is 1. The van der Waals surface area contributed by atoms with Gasteiger partial charge >= 0.3 is 0 Å². The summed E-state index contributed by atoms with van der Waals surface area (Å²) in [5.74, 6) is 3.20. The number of carbonyl (C=O) groups is 1. The third-order valence-corrected chi connectivity index (χ3v) is 5.17. The lowest BCUT2D eigenvalue weighted by molar-refractivity contribution is -0.122. The average Bonchev–Trinajstić information content (AvgIpc) is 3.15. The number of aryl methyl sites for hydroxylation is 1. The number of benzene rings is 1. The second kappa shape index (κ2) is 6.59. The Morgan fingerprint density at radius 2 is 2.00 bits per heavy atom. The van der Waals surface area contributed by atoms with E-state index < -0.39 is 0 Å². The molecule has 2 bridgehead atoms. The topological polar surface area (TPSA) is 47.6 Å². The molecule has 0 aliphatic heterocycles. The fraction of sp³-hybridized carbons (Fsp3) is 0.611. The minimum Gasteiger partial charge on any atom is -0.493 e. The summed E-state index contributed by atoms with van der Waals surface area (Å²) in [5.41, 5.74) is 1.10. The van der Waals surface area contributed by atoms with Crippen molar-refractivity contribution < 1.29 is 14.3 Å². The molecule has 4 nitrogen and oxygen atoms in total. The summed E-state index contributed by atoms with van der Waals surface area (Å²) in [7, 11) is 3.25. The largest absolute Gasteiger partial charge is 0.493 e. The van der Waals surface area contributed by atoms with Crippen molar-refractivity contribution in [3.63, 3.8) is 0 Å². The summed E-state index contributed by atoms with van der Waals surface area (Å²) in [6.07, 6.45) is 6.43. The molecule has 2 fully saturated rings. The fourth-order valence-corrected chi connectivity index (χ4v) is 3.99. The first-order chi connectivity index (χ1) is 10.7. The zero-order chi connectivity index (χ0) is 15.5. The highest BCUT2D eigenvalue weighted by atomic mass is 16.5. The molecule has 2 saturated carbocycles. The maximum absolute atomic E-state index is 12.2. The van der Waals surface area contributed by atoms with Gasteiger partial charge in [0.05, 0.1) is 14.2 Å². The van der Waals surface area contributed by atoms with E-state index in [1.165, 1.54) is 25.7 Å². The normalized spacial score (nSPS) is 26.0. The number of amides is 1. The van der Waals surface area contributed by atoms with Gasteiger partial charge in [0.15, 0.2) is 11.5 Å². The molecule has 1 aromatic rings. The van der Waals surface area contributed by atoms with Crippen LogP contribution in [0.5, 0.6) is 11.5 Å². The maximum Gasteiger partial charge on any atom is 0.220 e. The molecule has 2 aliphatic carbocycles. The quantitative estimate of drug-likeness (QED) is 0.879. The Labute approximate surface area is 132 Å². The molecule has 3 rings (SSSR count). The van der Waals surface area contributed by atoms with Gasteiger partial charge in [-0.25, -0.2) is 0 Å². The summed E-state index contributed by atoms with van der Waals surface area (Å²) in [4.78, 5) is 12.2. The predicted octanol–water partition coefficient (Wildman–Crippen LogP) is 2.94. The molecule has 2 aliphatic rings. The Kier molecular flexibility index (Phi) is 4.55. The van der Waals surface area contributed by atoms with Crippen molar-refractivity contribution in [2.75, 3.05) is 14.2 Å². The Bertz CT molecular complexity index is 543. The van der Waals surface area contributed by atoms with E-state index >= 15 is 0 Å². The van der Waals surface area contributed by atoms with E-state index in [1.807, 2.05) is 18.2 Å². The van der Waals surface area contributed by atoms with Gasteiger partial charge in [-0.1, -0.05) is 12.5 Å². The Hall–Kier alpha value is -1.71. The first-order valence-corrected chi connectivity index (χ1v) is 8.20. The van der Waals surface area contributed by atoms with Crippen LogP contribution in [0.15, 0.2) is 18.2 Å². The van der Waals surface area contributed by atoms with E-state index in [4.69, 9.17) is 9.47 Å². The van der Waals surface area contributed by atoms with Crippen LogP contribution in [0, 0.1) is 11.8 Å². The van der Waals surface area contributed by atoms with Crippen molar-refractivity contribution in [3.8, 4) is 11.5 Å². The zero-order valence-corrected chi connectivity index (χ0v) is 13.4. The molecule has 3 atom stereocenters. The van der Waals surface area contributed by atoms with E-state index in [0.29, 0.717) is 18.2 Å².